The summed E-state index contributed by atoms with van der Waals surface area (Å²) >= 11 is 0. The molecule has 0 aliphatic carbocycles. The minimum Gasteiger partial charge on any atom is -0.444 e. The molecule has 2 aliphatic heterocycles. The maximum atomic E-state index is 12.5. The first kappa shape index (κ1) is 23.8. The van der Waals surface area contributed by atoms with Crippen LogP contribution in [-0.2, 0) is 17.9 Å². The molecule has 1 aromatic carbocycles. The van der Waals surface area contributed by atoms with E-state index in [9.17, 15) is 28.1 Å². The molecule has 1 saturated heterocycles. The van der Waals surface area contributed by atoms with Crippen molar-refractivity contribution in [2.45, 2.75) is 25.5 Å². The fourth-order valence-electron chi connectivity index (χ4n) is 3.91. The molecule has 1 aromatic heterocycles. The molecule has 2 aromatic rings. The van der Waals surface area contributed by atoms with Crippen LogP contribution >= 0.6 is 0 Å². The molecule has 0 saturated carbocycles. The molecule has 4 rings (SSSR count). The van der Waals surface area contributed by atoms with Crippen molar-refractivity contribution in [2.75, 3.05) is 39.3 Å². The van der Waals surface area contributed by atoms with E-state index in [1.165, 1.54) is 22.9 Å². The number of benzene rings is 1. The van der Waals surface area contributed by atoms with Crippen LogP contribution in [0.2, 0.25) is 0 Å². The van der Waals surface area contributed by atoms with E-state index in [1.807, 2.05) is 4.90 Å². The number of nitrogens with zero attached hydrogens (tertiary/aromatic N) is 5. The van der Waals surface area contributed by atoms with Crippen LogP contribution in [0.5, 0.6) is 11.8 Å². The van der Waals surface area contributed by atoms with Crippen LogP contribution in [0.25, 0.3) is 0 Å². The number of nitro groups is 1. The van der Waals surface area contributed by atoms with Crippen molar-refractivity contribution < 1.29 is 32.4 Å². The Hall–Kier alpha value is -3.39. The van der Waals surface area contributed by atoms with Gasteiger partial charge >= 0.3 is 18.2 Å². The number of ether oxygens (including phenoxy) is 2. The van der Waals surface area contributed by atoms with Gasteiger partial charge in [-0.15, -0.1) is 13.2 Å². The molecule has 0 spiro atoms. The number of fused-ring (bicyclic) bond motifs is 1. The van der Waals surface area contributed by atoms with E-state index in [4.69, 9.17) is 4.74 Å². The Morgan fingerprint density at radius 2 is 1.88 bits per heavy atom. The van der Waals surface area contributed by atoms with Crippen molar-refractivity contribution in [3.8, 4) is 11.8 Å². The summed E-state index contributed by atoms with van der Waals surface area (Å²) in [6, 6.07) is 5.64. The lowest BCUT2D eigenvalue weighted by molar-refractivity contribution is -0.389. The highest BCUT2D eigenvalue weighted by Gasteiger charge is 2.31. The Labute approximate surface area is 192 Å². The van der Waals surface area contributed by atoms with Crippen molar-refractivity contribution in [1.29, 1.82) is 0 Å². The number of alkyl halides is 3. The standard InChI is InChI=1S/C20H23F3N6O5/c21-20(22,23)34-16-3-1-14(2-4-16)9-26-5-7-27(8-6-26)12-18(30)24-15-10-28-11-17(29(31)32)25-19(28)33-13-15/h1-4,11,15H,5-10,12-13H2,(H,24,30)/t15-/m0/s1. The quantitative estimate of drug-likeness (QED) is 0.463. The number of hydrogen-bond donors (Lipinski definition) is 1. The zero-order valence-electron chi connectivity index (χ0n) is 18.0. The zero-order chi connectivity index (χ0) is 24.3. The summed E-state index contributed by atoms with van der Waals surface area (Å²) in [6.45, 7) is 4.08. The Kier molecular flexibility index (Phi) is 6.88. The first-order chi connectivity index (χ1) is 16.1. The largest absolute Gasteiger partial charge is 0.573 e. The molecular formula is C20H23F3N6O5. The Morgan fingerprint density at radius 1 is 1.21 bits per heavy atom. The van der Waals surface area contributed by atoms with Crippen molar-refractivity contribution in [3.63, 3.8) is 0 Å². The third-order valence-corrected chi connectivity index (χ3v) is 5.51. The maximum Gasteiger partial charge on any atom is 0.573 e. The third kappa shape index (κ3) is 6.35. The van der Waals surface area contributed by atoms with E-state index in [0.717, 1.165) is 5.56 Å². The second-order valence-corrected chi connectivity index (χ2v) is 8.11. The highest BCUT2D eigenvalue weighted by atomic mass is 19.4. The molecule has 1 amide bonds. The number of hydrogen-bond acceptors (Lipinski definition) is 8. The molecule has 184 valence electrons. The van der Waals surface area contributed by atoms with Crippen molar-refractivity contribution >= 4 is 11.7 Å². The van der Waals surface area contributed by atoms with E-state index in [-0.39, 0.29) is 42.7 Å². The molecule has 2 aliphatic rings. The molecule has 3 heterocycles. The summed E-state index contributed by atoms with van der Waals surface area (Å²) in [4.78, 5) is 30.7. The number of piperazine rings is 1. The number of halogens is 3. The van der Waals surface area contributed by atoms with Gasteiger partial charge < -0.3 is 24.9 Å². The van der Waals surface area contributed by atoms with Crippen LogP contribution in [0.1, 0.15) is 5.56 Å². The van der Waals surface area contributed by atoms with Gasteiger partial charge in [0.2, 0.25) is 5.91 Å². The normalized spacial score (nSPS) is 19.2. The first-order valence-electron chi connectivity index (χ1n) is 10.6. The van der Waals surface area contributed by atoms with Crippen molar-refractivity contribution in [1.82, 2.24) is 24.7 Å². The Morgan fingerprint density at radius 3 is 2.53 bits per heavy atom. The highest BCUT2D eigenvalue weighted by molar-refractivity contribution is 5.78. The summed E-state index contributed by atoms with van der Waals surface area (Å²) in [5, 5.41) is 13.7. The average molecular weight is 484 g/mol. The van der Waals surface area contributed by atoms with Crippen LogP contribution in [0, 0.1) is 10.1 Å². The average Bonchev–Trinajstić information content (AvgIpc) is 3.19. The molecule has 1 atom stereocenters. The zero-order valence-corrected chi connectivity index (χ0v) is 18.0. The molecule has 1 N–H and O–H groups in total. The van der Waals surface area contributed by atoms with E-state index in [0.29, 0.717) is 39.3 Å². The van der Waals surface area contributed by atoms with Gasteiger partial charge in [-0.2, -0.15) is 0 Å². The predicted octanol–water partition coefficient (Wildman–Crippen LogP) is 1.38. The summed E-state index contributed by atoms with van der Waals surface area (Å²) in [6.07, 6.45) is -3.43. The van der Waals surface area contributed by atoms with E-state index in [1.54, 1.807) is 12.1 Å². The number of carbonyl (C=O) groups is 1. The number of nitrogens with one attached hydrogen (secondary N) is 1. The second kappa shape index (κ2) is 9.85. The molecule has 0 radical (unpaired) electrons. The first-order valence-corrected chi connectivity index (χ1v) is 10.6. The van der Waals surface area contributed by atoms with Gasteiger partial charge in [0.1, 0.15) is 18.6 Å². The number of aromatic nitrogens is 2. The van der Waals surface area contributed by atoms with Crippen molar-refractivity contribution in [3.05, 3.63) is 46.1 Å². The molecule has 0 bridgehead atoms. The molecule has 0 unspecified atom stereocenters. The minimum atomic E-state index is -4.71. The lowest BCUT2D eigenvalue weighted by atomic mass is 10.2. The topological polar surface area (TPSA) is 115 Å². The lowest BCUT2D eigenvalue weighted by Crippen LogP contribution is -2.52. The van der Waals surface area contributed by atoms with Gasteiger partial charge in [0, 0.05) is 37.7 Å². The van der Waals surface area contributed by atoms with Gasteiger partial charge in [0.15, 0.2) is 0 Å². The SMILES string of the molecule is O=C(CN1CCN(Cc2ccc(OC(F)(F)F)cc2)CC1)N[C@@H]1COc2nc([N+](=O)[O-])cn2C1. The number of amides is 1. The van der Waals surface area contributed by atoms with Crippen LogP contribution < -0.4 is 14.8 Å². The number of imidazole rings is 1. The van der Waals surface area contributed by atoms with E-state index >= 15 is 0 Å². The van der Waals surface area contributed by atoms with Gasteiger partial charge in [-0.05, 0) is 22.6 Å². The smallest absolute Gasteiger partial charge is 0.444 e. The number of rotatable bonds is 7. The van der Waals surface area contributed by atoms with Gasteiger partial charge in [-0.3, -0.25) is 19.2 Å². The fraction of sp³-hybridized carbons (Fsp3) is 0.500. The molecule has 1 fully saturated rings. The van der Waals surface area contributed by atoms with Crippen molar-refractivity contribution in [2.24, 2.45) is 0 Å². The number of carbonyl (C=O) groups excluding carboxylic acids is 1. The summed E-state index contributed by atoms with van der Waals surface area (Å²) in [7, 11) is 0. The van der Waals surface area contributed by atoms with E-state index in [2.05, 4.69) is 19.9 Å². The summed E-state index contributed by atoms with van der Waals surface area (Å²) in [5.41, 5.74) is 0.872. The van der Waals surface area contributed by atoms with Gasteiger partial charge in [-0.1, -0.05) is 12.1 Å². The second-order valence-electron chi connectivity index (χ2n) is 8.11. The molecular weight excluding hydrogens is 461 g/mol. The predicted molar refractivity (Wildman–Crippen MR) is 111 cm³/mol. The third-order valence-electron chi connectivity index (χ3n) is 5.51. The Balaban J connectivity index is 1.18. The maximum absolute atomic E-state index is 12.5. The molecule has 14 heteroatoms. The Bertz CT molecular complexity index is 1020. The van der Waals surface area contributed by atoms with Crippen LogP contribution in [-0.4, -0.2) is 81.9 Å². The fourth-order valence-corrected chi connectivity index (χ4v) is 3.91. The monoisotopic (exact) mass is 484 g/mol. The van der Waals surface area contributed by atoms with Gasteiger partial charge in [-0.25, -0.2) is 0 Å². The van der Waals surface area contributed by atoms with Crippen LogP contribution in [0.4, 0.5) is 19.0 Å². The van der Waals surface area contributed by atoms with Gasteiger partial charge in [0.05, 0.1) is 19.1 Å². The highest BCUT2D eigenvalue weighted by Crippen LogP contribution is 2.23. The van der Waals surface area contributed by atoms with E-state index < -0.39 is 11.3 Å². The molecule has 34 heavy (non-hydrogen) atoms. The van der Waals surface area contributed by atoms with Gasteiger partial charge in [0.25, 0.3) is 0 Å². The molecule has 11 nitrogen and oxygen atoms in total. The lowest BCUT2D eigenvalue weighted by Gasteiger charge is -2.34. The summed E-state index contributed by atoms with van der Waals surface area (Å²) < 4.78 is 47.6. The summed E-state index contributed by atoms with van der Waals surface area (Å²) in [5.74, 6) is -0.719. The van der Waals surface area contributed by atoms with Crippen LogP contribution in [0.15, 0.2) is 30.5 Å². The minimum absolute atomic E-state index is 0.163. The van der Waals surface area contributed by atoms with Crippen LogP contribution in [0.3, 0.4) is 0 Å².